The Labute approximate surface area is 134 Å². The summed E-state index contributed by atoms with van der Waals surface area (Å²) < 4.78 is 0. The molecule has 0 unspecified atom stereocenters. The molecule has 23 heavy (non-hydrogen) atoms. The summed E-state index contributed by atoms with van der Waals surface area (Å²) in [4.78, 5) is 23.9. The number of aryl methyl sites for hydroxylation is 1. The first-order valence-electron chi connectivity index (χ1n) is 7.50. The molecule has 3 rings (SSSR count). The van der Waals surface area contributed by atoms with Crippen molar-refractivity contribution >= 4 is 17.7 Å². The number of rotatable bonds is 2. The minimum absolute atomic E-state index is 0.0327. The van der Waals surface area contributed by atoms with Crippen molar-refractivity contribution in [3.05, 3.63) is 42.2 Å². The lowest BCUT2D eigenvalue weighted by molar-refractivity contribution is 0.208. The van der Waals surface area contributed by atoms with Crippen LogP contribution in [0, 0.1) is 6.92 Å². The third kappa shape index (κ3) is 3.68. The molecule has 1 aromatic carbocycles. The van der Waals surface area contributed by atoms with Crippen LogP contribution >= 0.6 is 0 Å². The van der Waals surface area contributed by atoms with E-state index in [1.165, 1.54) is 23.6 Å². The normalized spacial score (nSPS) is 14.7. The van der Waals surface area contributed by atoms with E-state index in [2.05, 4.69) is 51.4 Å². The quantitative estimate of drug-likeness (QED) is 0.884. The van der Waals surface area contributed by atoms with E-state index in [0.29, 0.717) is 13.1 Å². The topological polar surface area (TPSA) is 81.6 Å². The van der Waals surface area contributed by atoms with E-state index in [-0.39, 0.29) is 17.7 Å². The van der Waals surface area contributed by atoms with Crippen LogP contribution in [0.3, 0.4) is 0 Å². The molecule has 120 valence electrons. The summed E-state index contributed by atoms with van der Waals surface area (Å²) in [6, 6.07) is 8.18. The molecular formula is C16H19N5O2. The number of benzene rings is 1. The molecule has 7 nitrogen and oxygen atoms in total. The summed E-state index contributed by atoms with van der Waals surface area (Å²) in [5.74, 6) is 0.156. The molecule has 1 aromatic heterocycles. The smallest absolute Gasteiger partial charge is 0.324 e. The van der Waals surface area contributed by atoms with Crippen LogP contribution in [0.2, 0.25) is 0 Å². The van der Waals surface area contributed by atoms with Gasteiger partial charge in [-0.25, -0.2) is 14.8 Å². The van der Waals surface area contributed by atoms with Crippen molar-refractivity contribution in [1.29, 1.82) is 0 Å². The van der Waals surface area contributed by atoms with E-state index >= 15 is 0 Å². The Morgan fingerprint density at radius 3 is 2.30 bits per heavy atom. The summed E-state index contributed by atoms with van der Waals surface area (Å²) in [6.07, 6.45) is 2.50. The Morgan fingerprint density at radius 1 is 1.09 bits per heavy atom. The number of nitrogens with one attached hydrogen (secondary N) is 1. The predicted octanol–water partition coefficient (Wildman–Crippen LogP) is 1.84. The van der Waals surface area contributed by atoms with Gasteiger partial charge in [0.05, 0.1) is 12.4 Å². The maximum atomic E-state index is 12.2. The van der Waals surface area contributed by atoms with Gasteiger partial charge in [-0.15, -0.1) is 0 Å². The first-order valence-corrected chi connectivity index (χ1v) is 7.50. The van der Waals surface area contributed by atoms with Gasteiger partial charge < -0.3 is 14.9 Å². The van der Waals surface area contributed by atoms with Crippen LogP contribution in [0.4, 0.5) is 16.4 Å². The molecule has 2 amide bonds. The molecule has 1 aliphatic rings. The standard InChI is InChI=1S/C16H19N5O2/c1-12-2-4-13(5-3-12)20-6-8-21(9-7-20)16(23)19-15-17-10-14(22)11-18-15/h2-5,10-11,22H,6-9H2,1H3,(H,17,18,19,23). The average molecular weight is 313 g/mol. The van der Waals surface area contributed by atoms with Crippen molar-refractivity contribution < 1.29 is 9.90 Å². The van der Waals surface area contributed by atoms with Gasteiger partial charge in [-0.3, -0.25) is 5.32 Å². The van der Waals surface area contributed by atoms with Gasteiger partial charge in [0.15, 0.2) is 5.75 Å². The molecule has 2 N–H and O–H groups in total. The van der Waals surface area contributed by atoms with Crippen LogP contribution in [0.15, 0.2) is 36.7 Å². The molecule has 1 saturated heterocycles. The second kappa shape index (κ2) is 6.51. The Morgan fingerprint density at radius 2 is 1.70 bits per heavy atom. The zero-order chi connectivity index (χ0) is 16.2. The third-order valence-electron chi connectivity index (χ3n) is 3.82. The highest BCUT2D eigenvalue weighted by molar-refractivity contribution is 5.87. The number of carbonyl (C=O) groups is 1. The van der Waals surface area contributed by atoms with Gasteiger partial charge in [-0.2, -0.15) is 0 Å². The lowest BCUT2D eigenvalue weighted by atomic mass is 10.2. The fourth-order valence-corrected chi connectivity index (χ4v) is 2.48. The minimum Gasteiger partial charge on any atom is -0.505 e. The fraction of sp³-hybridized carbons (Fsp3) is 0.312. The zero-order valence-electron chi connectivity index (χ0n) is 12.9. The maximum absolute atomic E-state index is 12.2. The van der Waals surface area contributed by atoms with Crippen molar-refractivity contribution in [2.45, 2.75) is 6.92 Å². The van der Waals surface area contributed by atoms with E-state index in [9.17, 15) is 4.79 Å². The Kier molecular flexibility index (Phi) is 4.27. The molecule has 0 spiro atoms. The first kappa shape index (κ1) is 15.1. The van der Waals surface area contributed by atoms with Gasteiger partial charge in [0.25, 0.3) is 0 Å². The summed E-state index contributed by atoms with van der Waals surface area (Å²) >= 11 is 0. The summed E-state index contributed by atoms with van der Waals surface area (Å²) in [5.41, 5.74) is 2.41. The zero-order valence-corrected chi connectivity index (χ0v) is 12.9. The lowest BCUT2D eigenvalue weighted by Gasteiger charge is -2.35. The van der Waals surface area contributed by atoms with Crippen LogP contribution in [-0.2, 0) is 0 Å². The van der Waals surface area contributed by atoms with Gasteiger partial charge in [-0.1, -0.05) is 17.7 Å². The van der Waals surface area contributed by atoms with Crippen LogP contribution < -0.4 is 10.2 Å². The van der Waals surface area contributed by atoms with E-state index in [1.54, 1.807) is 4.90 Å². The highest BCUT2D eigenvalue weighted by atomic mass is 16.3. The number of carbonyl (C=O) groups excluding carboxylic acids is 1. The second-order valence-corrected chi connectivity index (χ2v) is 5.50. The minimum atomic E-state index is -0.223. The maximum Gasteiger partial charge on any atom is 0.324 e. The third-order valence-corrected chi connectivity index (χ3v) is 3.82. The van der Waals surface area contributed by atoms with E-state index in [1.807, 2.05) is 0 Å². The predicted molar refractivity (Wildman–Crippen MR) is 87.7 cm³/mol. The molecule has 0 saturated carbocycles. The monoisotopic (exact) mass is 313 g/mol. The number of urea groups is 1. The van der Waals surface area contributed by atoms with Crippen molar-refractivity contribution in [3.8, 4) is 5.75 Å². The number of hydrogen-bond acceptors (Lipinski definition) is 5. The summed E-state index contributed by atoms with van der Waals surface area (Å²) in [5, 5.41) is 11.8. The summed E-state index contributed by atoms with van der Waals surface area (Å²) in [6.45, 7) is 4.91. The number of hydrogen-bond donors (Lipinski definition) is 2. The number of aromatic nitrogens is 2. The number of piperazine rings is 1. The molecule has 7 heteroatoms. The molecule has 0 radical (unpaired) electrons. The molecule has 0 bridgehead atoms. The van der Waals surface area contributed by atoms with Gasteiger partial charge in [-0.05, 0) is 19.1 Å². The number of aromatic hydroxyl groups is 1. The van der Waals surface area contributed by atoms with Crippen molar-refractivity contribution in [2.24, 2.45) is 0 Å². The van der Waals surface area contributed by atoms with Gasteiger partial charge in [0.2, 0.25) is 5.95 Å². The molecule has 1 fully saturated rings. The number of nitrogens with zero attached hydrogens (tertiary/aromatic N) is 4. The highest BCUT2D eigenvalue weighted by Gasteiger charge is 2.21. The molecule has 2 heterocycles. The Hall–Kier alpha value is -2.83. The average Bonchev–Trinajstić information content (AvgIpc) is 2.58. The SMILES string of the molecule is Cc1ccc(N2CCN(C(=O)Nc3ncc(O)cn3)CC2)cc1. The van der Waals surface area contributed by atoms with E-state index in [4.69, 9.17) is 5.11 Å². The first-order chi connectivity index (χ1) is 11.1. The van der Waals surface area contributed by atoms with Crippen LogP contribution in [0.5, 0.6) is 5.75 Å². The highest BCUT2D eigenvalue weighted by Crippen LogP contribution is 2.17. The summed E-state index contributed by atoms with van der Waals surface area (Å²) in [7, 11) is 0. The van der Waals surface area contributed by atoms with E-state index in [0.717, 1.165) is 13.1 Å². The second-order valence-electron chi connectivity index (χ2n) is 5.50. The molecule has 2 aromatic rings. The van der Waals surface area contributed by atoms with Gasteiger partial charge >= 0.3 is 6.03 Å². The molecule has 1 aliphatic heterocycles. The van der Waals surface area contributed by atoms with Crippen LogP contribution in [0.25, 0.3) is 0 Å². The Balaban J connectivity index is 1.54. The van der Waals surface area contributed by atoms with E-state index < -0.39 is 0 Å². The van der Waals surface area contributed by atoms with Crippen molar-refractivity contribution in [3.63, 3.8) is 0 Å². The Bertz CT molecular complexity index is 664. The number of anilines is 2. The molecular weight excluding hydrogens is 294 g/mol. The number of amides is 2. The van der Waals surface area contributed by atoms with Crippen molar-refractivity contribution in [2.75, 3.05) is 36.4 Å². The van der Waals surface area contributed by atoms with Crippen molar-refractivity contribution in [1.82, 2.24) is 14.9 Å². The molecule has 0 atom stereocenters. The fourth-order valence-electron chi connectivity index (χ4n) is 2.48. The molecule has 0 aliphatic carbocycles. The van der Waals surface area contributed by atoms with Crippen LogP contribution in [-0.4, -0.2) is 52.2 Å². The van der Waals surface area contributed by atoms with Crippen LogP contribution in [0.1, 0.15) is 5.56 Å². The largest absolute Gasteiger partial charge is 0.505 e. The lowest BCUT2D eigenvalue weighted by Crippen LogP contribution is -2.50. The van der Waals surface area contributed by atoms with Gasteiger partial charge in [0.1, 0.15) is 0 Å². The van der Waals surface area contributed by atoms with Gasteiger partial charge in [0, 0.05) is 31.9 Å².